The molecule has 0 bridgehead atoms. The third-order valence-corrected chi connectivity index (χ3v) is 2.15. The summed E-state index contributed by atoms with van der Waals surface area (Å²) in [5, 5.41) is 0.934. The molecule has 1 aromatic heterocycles. The number of nitrogens with zero attached hydrogens (tertiary/aromatic N) is 2. The van der Waals surface area contributed by atoms with E-state index < -0.39 is 6.08 Å². The number of para-hydroxylation sites is 1. The van der Waals surface area contributed by atoms with Gasteiger partial charge in [-0.3, -0.25) is 0 Å². The molecule has 0 aliphatic rings. The third-order valence-electron chi connectivity index (χ3n) is 2.15. The maximum absolute atomic E-state index is 13.0. The summed E-state index contributed by atoms with van der Waals surface area (Å²) >= 11 is 0. The van der Waals surface area contributed by atoms with Crippen LogP contribution in [0.5, 0.6) is 0 Å². The molecule has 0 amide bonds. The summed E-state index contributed by atoms with van der Waals surface area (Å²) in [6, 6.07) is 7.48. The Bertz CT molecular complexity index is 466. The van der Waals surface area contributed by atoms with Gasteiger partial charge in [0.15, 0.2) is 0 Å². The lowest BCUT2D eigenvalue weighted by atomic mass is 10.1. The van der Waals surface area contributed by atoms with Gasteiger partial charge in [0.25, 0.3) is 0 Å². The number of hydrogen-bond acceptors (Lipinski definition) is 2. The summed E-state index contributed by atoms with van der Waals surface area (Å²) in [4.78, 5) is 7.56. The number of rotatable bonds is 1. The second-order valence-corrected chi connectivity index (χ2v) is 3.55. The molecule has 0 aliphatic heterocycles. The first-order valence-electron chi connectivity index (χ1n) is 4.60. The average molecular weight is 190 g/mol. The minimum atomic E-state index is -0.646. The van der Waals surface area contributed by atoms with Crippen molar-refractivity contribution in [2.24, 2.45) is 0 Å². The van der Waals surface area contributed by atoms with E-state index >= 15 is 0 Å². The molecule has 0 N–H and O–H groups in total. The summed E-state index contributed by atoms with van der Waals surface area (Å²) in [5.41, 5.74) is 1.44. The standard InChI is InChI=1S/C11H11FN2/c1-7(2)10-8-5-3-4-6-9(8)13-11(12)14-10/h3-7H,1-2H3. The SMILES string of the molecule is CC(C)c1nc(F)nc2ccccc12. The Morgan fingerprint density at radius 1 is 1.14 bits per heavy atom. The van der Waals surface area contributed by atoms with Crippen LogP contribution in [0, 0.1) is 6.08 Å². The average Bonchev–Trinajstić information content (AvgIpc) is 2.16. The first-order chi connectivity index (χ1) is 6.68. The second kappa shape index (κ2) is 3.33. The van der Waals surface area contributed by atoms with Crippen molar-refractivity contribution in [1.29, 1.82) is 0 Å². The van der Waals surface area contributed by atoms with Crippen LogP contribution in [-0.2, 0) is 0 Å². The van der Waals surface area contributed by atoms with Crippen LogP contribution < -0.4 is 0 Å². The maximum Gasteiger partial charge on any atom is 0.309 e. The molecule has 1 aromatic carbocycles. The van der Waals surface area contributed by atoms with E-state index in [9.17, 15) is 4.39 Å². The topological polar surface area (TPSA) is 25.8 Å². The van der Waals surface area contributed by atoms with E-state index in [1.165, 1.54) is 0 Å². The molecule has 2 rings (SSSR count). The highest BCUT2D eigenvalue weighted by Crippen LogP contribution is 2.21. The van der Waals surface area contributed by atoms with E-state index in [1.54, 1.807) is 6.07 Å². The molecule has 2 nitrogen and oxygen atoms in total. The normalized spacial score (nSPS) is 11.1. The lowest BCUT2D eigenvalue weighted by Gasteiger charge is -2.07. The van der Waals surface area contributed by atoms with Crippen LogP contribution in [0.25, 0.3) is 10.9 Å². The predicted molar refractivity (Wildman–Crippen MR) is 53.6 cm³/mol. The smallest absolute Gasteiger partial charge is 0.206 e. The molecule has 2 aromatic rings. The van der Waals surface area contributed by atoms with Gasteiger partial charge < -0.3 is 0 Å². The summed E-state index contributed by atoms with van der Waals surface area (Å²) in [6.07, 6.45) is -0.646. The zero-order valence-corrected chi connectivity index (χ0v) is 8.16. The minimum absolute atomic E-state index is 0.206. The van der Waals surface area contributed by atoms with Gasteiger partial charge in [-0.1, -0.05) is 32.0 Å². The maximum atomic E-state index is 13.0. The van der Waals surface area contributed by atoms with Crippen molar-refractivity contribution in [3.63, 3.8) is 0 Å². The molecule has 0 saturated carbocycles. The largest absolute Gasteiger partial charge is 0.309 e. The van der Waals surface area contributed by atoms with Crippen LogP contribution in [0.2, 0.25) is 0 Å². The summed E-state index contributed by atoms with van der Waals surface area (Å²) in [6.45, 7) is 3.99. The van der Waals surface area contributed by atoms with Crippen LogP contribution in [-0.4, -0.2) is 9.97 Å². The Balaban J connectivity index is 2.80. The molecular formula is C11H11FN2. The highest BCUT2D eigenvalue weighted by molar-refractivity contribution is 5.80. The van der Waals surface area contributed by atoms with Gasteiger partial charge in [-0.15, -0.1) is 0 Å². The van der Waals surface area contributed by atoms with Crippen molar-refractivity contribution < 1.29 is 4.39 Å². The quantitative estimate of drug-likeness (QED) is 0.646. The molecule has 0 radical (unpaired) electrons. The highest BCUT2D eigenvalue weighted by Gasteiger charge is 2.09. The lowest BCUT2D eigenvalue weighted by molar-refractivity contribution is 0.535. The van der Waals surface area contributed by atoms with Crippen LogP contribution in [0.3, 0.4) is 0 Å². The number of aromatic nitrogens is 2. The molecular weight excluding hydrogens is 179 g/mol. The molecule has 0 atom stereocenters. The van der Waals surface area contributed by atoms with Gasteiger partial charge in [-0.05, 0) is 12.0 Å². The van der Waals surface area contributed by atoms with E-state index in [0.29, 0.717) is 5.52 Å². The molecule has 0 spiro atoms. The Morgan fingerprint density at radius 2 is 1.86 bits per heavy atom. The Morgan fingerprint density at radius 3 is 2.57 bits per heavy atom. The Labute approximate surface area is 81.8 Å². The Kier molecular flexibility index (Phi) is 2.15. The molecule has 0 unspecified atom stereocenters. The third kappa shape index (κ3) is 1.45. The van der Waals surface area contributed by atoms with E-state index in [4.69, 9.17) is 0 Å². The molecule has 1 heterocycles. The van der Waals surface area contributed by atoms with Gasteiger partial charge in [-0.25, -0.2) is 9.97 Å². The fourth-order valence-corrected chi connectivity index (χ4v) is 1.51. The van der Waals surface area contributed by atoms with Crippen molar-refractivity contribution >= 4 is 10.9 Å². The molecule has 72 valence electrons. The second-order valence-electron chi connectivity index (χ2n) is 3.55. The minimum Gasteiger partial charge on any atom is -0.206 e. The van der Waals surface area contributed by atoms with E-state index in [2.05, 4.69) is 9.97 Å². The van der Waals surface area contributed by atoms with Crippen LogP contribution >= 0.6 is 0 Å². The van der Waals surface area contributed by atoms with Gasteiger partial charge in [0.05, 0.1) is 11.2 Å². The number of benzene rings is 1. The first kappa shape index (κ1) is 9.06. The van der Waals surface area contributed by atoms with Gasteiger partial charge in [0, 0.05) is 5.39 Å². The van der Waals surface area contributed by atoms with Crippen molar-refractivity contribution in [1.82, 2.24) is 9.97 Å². The van der Waals surface area contributed by atoms with E-state index in [-0.39, 0.29) is 5.92 Å². The Hall–Kier alpha value is -1.51. The van der Waals surface area contributed by atoms with Gasteiger partial charge in [-0.2, -0.15) is 4.39 Å². The van der Waals surface area contributed by atoms with Crippen LogP contribution in [0.15, 0.2) is 24.3 Å². The van der Waals surface area contributed by atoms with Crippen molar-refractivity contribution in [3.8, 4) is 0 Å². The monoisotopic (exact) mass is 190 g/mol. The fraction of sp³-hybridized carbons (Fsp3) is 0.273. The zero-order valence-electron chi connectivity index (χ0n) is 8.16. The number of hydrogen-bond donors (Lipinski definition) is 0. The summed E-state index contributed by atoms with van der Waals surface area (Å²) in [7, 11) is 0. The molecule has 3 heteroatoms. The fourth-order valence-electron chi connectivity index (χ4n) is 1.51. The molecule has 0 aliphatic carbocycles. The van der Waals surface area contributed by atoms with Gasteiger partial charge in [0.1, 0.15) is 0 Å². The molecule has 0 saturated heterocycles. The lowest BCUT2D eigenvalue weighted by Crippen LogP contribution is -1.99. The van der Waals surface area contributed by atoms with Crippen LogP contribution in [0.4, 0.5) is 4.39 Å². The van der Waals surface area contributed by atoms with Gasteiger partial charge >= 0.3 is 6.08 Å². The molecule has 0 fully saturated rings. The number of fused-ring (bicyclic) bond motifs is 1. The van der Waals surface area contributed by atoms with Crippen LogP contribution in [0.1, 0.15) is 25.5 Å². The van der Waals surface area contributed by atoms with Crippen molar-refractivity contribution in [2.75, 3.05) is 0 Å². The first-order valence-corrected chi connectivity index (χ1v) is 4.60. The highest BCUT2D eigenvalue weighted by atomic mass is 19.1. The van der Waals surface area contributed by atoms with Gasteiger partial charge in [0.2, 0.25) is 0 Å². The molecule has 14 heavy (non-hydrogen) atoms. The zero-order chi connectivity index (χ0) is 10.1. The van der Waals surface area contributed by atoms with Crippen molar-refractivity contribution in [2.45, 2.75) is 19.8 Å². The van der Waals surface area contributed by atoms with E-state index in [1.807, 2.05) is 32.0 Å². The predicted octanol–water partition coefficient (Wildman–Crippen LogP) is 2.89. The summed E-state index contributed by atoms with van der Waals surface area (Å²) in [5.74, 6) is 0.206. The van der Waals surface area contributed by atoms with E-state index in [0.717, 1.165) is 11.1 Å². The summed E-state index contributed by atoms with van der Waals surface area (Å²) < 4.78 is 13.0. The van der Waals surface area contributed by atoms with Crippen molar-refractivity contribution in [3.05, 3.63) is 36.0 Å². The number of halogens is 1.